The lowest BCUT2D eigenvalue weighted by molar-refractivity contribution is -0.141. The Balaban J connectivity index is 2.07. The number of nitrogens with one attached hydrogen (secondary N) is 1. The molecule has 2 rings (SSSR count). The second-order valence-corrected chi connectivity index (χ2v) is 7.50. The zero-order valence-electron chi connectivity index (χ0n) is 17.2. The number of carbonyl (C=O) groups excluding carboxylic acids is 2. The van der Waals surface area contributed by atoms with Crippen LogP contribution in [-0.4, -0.2) is 41.9 Å². The molecule has 0 heterocycles. The molecule has 0 aliphatic rings. The molecule has 0 radical (unpaired) electrons. The Bertz CT molecular complexity index is 798. The Morgan fingerprint density at radius 3 is 2.48 bits per heavy atom. The molecule has 0 aliphatic heterocycles. The van der Waals surface area contributed by atoms with Gasteiger partial charge in [0, 0.05) is 17.6 Å². The molecule has 0 spiro atoms. The van der Waals surface area contributed by atoms with Gasteiger partial charge >= 0.3 is 0 Å². The van der Waals surface area contributed by atoms with E-state index >= 15 is 0 Å². The Kier molecular flexibility index (Phi) is 9.00. The van der Waals surface area contributed by atoms with Crippen molar-refractivity contribution in [2.24, 2.45) is 0 Å². The first-order chi connectivity index (χ1) is 13.9. The molecule has 0 unspecified atom stereocenters. The Hall–Kier alpha value is -2.53. The summed E-state index contributed by atoms with van der Waals surface area (Å²) in [6.45, 7) is 5.97. The smallest absolute Gasteiger partial charge is 0.261 e. The molecular formula is C23H29ClN2O3. The van der Waals surface area contributed by atoms with Crippen LogP contribution in [0.2, 0.25) is 5.02 Å². The van der Waals surface area contributed by atoms with Gasteiger partial charge in [0.1, 0.15) is 11.8 Å². The van der Waals surface area contributed by atoms with Crippen LogP contribution in [0, 0.1) is 0 Å². The summed E-state index contributed by atoms with van der Waals surface area (Å²) in [5.74, 6) is 0.113. The van der Waals surface area contributed by atoms with E-state index < -0.39 is 6.04 Å². The van der Waals surface area contributed by atoms with Gasteiger partial charge in [0.05, 0.1) is 0 Å². The van der Waals surface area contributed by atoms with Crippen molar-refractivity contribution in [3.05, 3.63) is 65.2 Å². The van der Waals surface area contributed by atoms with Crippen molar-refractivity contribution in [2.75, 3.05) is 13.2 Å². The highest BCUT2D eigenvalue weighted by molar-refractivity contribution is 6.30. The summed E-state index contributed by atoms with van der Waals surface area (Å²) in [7, 11) is 0. The molecule has 0 bridgehead atoms. The van der Waals surface area contributed by atoms with Crippen molar-refractivity contribution in [2.45, 2.75) is 45.7 Å². The van der Waals surface area contributed by atoms with Gasteiger partial charge in [-0.2, -0.15) is 0 Å². The second kappa shape index (κ2) is 11.5. The lowest BCUT2D eigenvalue weighted by atomic mass is 10.1. The third-order valence-corrected chi connectivity index (χ3v) is 5.05. The second-order valence-electron chi connectivity index (χ2n) is 7.06. The van der Waals surface area contributed by atoms with Crippen LogP contribution in [0.15, 0.2) is 54.6 Å². The average molecular weight is 417 g/mol. The standard InChI is InChI=1S/C23H29ClN2O3/c1-4-17(2)25-23(28)18(3)26(14-13-19-9-6-5-7-10-19)22(27)16-29-21-12-8-11-20(24)15-21/h5-12,15,17-18H,4,13-14,16H2,1-3H3,(H,25,28)/t17-,18+/m1/s1. The first-order valence-corrected chi connectivity index (χ1v) is 10.3. The molecule has 5 nitrogen and oxygen atoms in total. The number of nitrogens with zero attached hydrogens (tertiary/aromatic N) is 1. The van der Waals surface area contributed by atoms with E-state index in [0.29, 0.717) is 23.7 Å². The van der Waals surface area contributed by atoms with Gasteiger partial charge in [0.15, 0.2) is 6.61 Å². The van der Waals surface area contributed by atoms with Gasteiger partial charge in [-0.3, -0.25) is 9.59 Å². The van der Waals surface area contributed by atoms with Crippen molar-refractivity contribution in [1.82, 2.24) is 10.2 Å². The van der Waals surface area contributed by atoms with E-state index in [-0.39, 0.29) is 24.5 Å². The molecule has 156 valence electrons. The first kappa shape index (κ1) is 22.8. The van der Waals surface area contributed by atoms with E-state index in [9.17, 15) is 9.59 Å². The summed E-state index contributed by atoms with van der Waals surface area (Å²) in [6.07, 6.45) is 1.49. The number of hydrogen-bond donors (Lipinski definition) is 1. The topological polar surface area (TPSA) is 58.6 Å². The third kappa shape index (κ3) is 7.42. The van der Waals surface area contributed by atoms with E-state index in [4.69, 9.17) is 16.3 Å². The van der Waals surface area contributed by atoms with Gasteiger partial charge in [-0.15, -0.1) is 0 Å². The summed E-state index contributed by atoms with van der Waals surface area (Å²) in [5.41, 5.74) is 1.11. The molecule has 6 heteroatoms. The highest BCUT2D eigenvalue weighted by Gasteiger charge is 2.26. The molecule has 2 amide bonds. The maximum Gasteiger partial charge on any atom is 0.261 e. The lowest BCUT2D eigenvalue weighted by Gasteiger charge is -2.29. The molecular weight excluding hydrogens is 388 g/mol. The number of benzene rings is 2. The van der Waals surface area contributed by atoms with Crippen LogP contribution in [0.3, 0.4) is 0 Å². The van der Waals surface area contributed by atoms with Crippen molar-refractivity contribution in [3.63, 3.8) is 0 Å². The largest absolute Gasteiger partial charge is 0.484 e. The van der Waals surface area contributed by atoms with Crippen LogP contribution in [-0.2, 0) is 16.0 Å². The fourth-order valence-corrected chi connectivity index (χ4v) is 3.00. The lowest BCUT2D eigenvalue weighted by Crippen LogP contribution is -2.51. The average Bonchev–Trinajstić information content (AvgIpc) is 2.72. The maximum atomic E-state index is 12.9. The number of hydrogen-bond acceptors (Lipinski definition) is 3. The number of carbonyl (C=O) groups is 2. The van der Waals surface area contributed by atoms with Gasteiger partial charge < -0.3 is 15.0 Å². The van der Waals surface area contributed by atoms with Crippen LogP contribution >= 0.6 is 11.6 Å². The Labute approximate surface area is 178 Å². The van der Waals surface area contributed by atoms with E-state index in [2.05, 4.69) is 5.32 Å². The summed E-state index contributed by atoms with van der Waals surface area (Å²) in [4.78, 5) is 27.1. The van der Waals surface area contributed by atoms with E-state index in [1.807, 2.05) is 44.2 Å². The monoisotopic (exact) mass is 416 g/mol. The van der Waals surface area contributed by atoms with E-state index in [1.165, 1.54) is 0 Å². The SMILES string of the molecule is CC[C@@H](C)NC(=O)[C@H](C)N(CCc1ccccc1)C(=O)COc1cccc(Cl)c1. The van der Waals surface area contributed by atoms with Crippen molar-refractivity contribution in [1.29, 1.82) is 0 Å². The minimum atomic E-state index is -0.594. The van der Waals surface area contributed by atoms with E-state index in [1.54, 1.807) is 36.1 Å². The first-order valence-electron chi connectivity index (χ1n) is 9.92. The molecule has 0 fully saturated rings. The van der Waals surface area contributed by atoms with Gasteiger partial charge in [-0.05, 0) is 50.5 Å². The van der Waals surface area contributed by atoms with Gasteiger partial charge in [-0.1, -0.05) is 54.9 Å². The van der Waals surface area contributed by atoms with Gasteiger partial charge in [0.25, 0.3) is 5.91 Å². The van der Waals surface area contributed by atoms with Crippen LogP contribution in [0.1, 0.15) is 32.8 Å². The van der Waals surface area contributed by atoms with Gasteiger partial charge in [-0.25, -0.2) is 0 Å². The number of ether oxygens (including phenoxy) is 1. The number of rotatable bonds is 10. The zero-order chi connectivity index (χ0) is 21.2. The molecule has 2 aromatic rings. The highest BCUT2D eigenvalue weighted by Crippen LogP contribution is 2.17. The minimum Gasteiger partial charge on any atom is -0.484 e. The molecule has 0 saturated carbocycles. The number of amides is 2. The molecule has 1 N–H and O–H groups in total. The Morgan fingerprint density at radius 1 is 1.10 bits per heavy atom. The van der Waals surface area contributed by atoms with Crippen LogP contribution in [0.25, 0.3) is 0 Å². The van der Waals surface area contributed by atoms with E-state index in [0.717, 1.165) is 12.0 Å². The molecule has 0 aromatic heterocycles. The molecule has 2 aromatic carbocycles. The highest BCUT2D eigenvalue weighted by atomic mass is 35.5. The van der Waals surface area contributed by atoms with Gasteiger partial charge in [0.2, 0.25) is 5.91 Å². The normalized spacial score (nSPS) is 12.7. The number of halogens is 1. The van der Waals surface area contributed by atoms with Crippen molar-refractivity contribution >= 4 is 23.4 Å². The third-order valence-electron chi connectivity index (χ3n) is 4.81. The van der Waals surface area contributed by atoms with Crippen LogP contribution < -0.4 is 10.1 Å². The summed E-state index contributed by atoms with van der Waals surface area (Å²) in [6, 6.07) is 16.3. The molecule has 29 heavy (non-hydrogen) atoms. The van der Waals surface area contributed by atoms with Crippen molar-refractivity contribution < 1.29 is 14.3 Å². The fraction of sp³-hybridized carbons (Fsp3) is 0.391. The maximum absolute atomic E-state index is 12.9. The predicted octanol–water partition coefficient (Wildman–Crippen LogP) is 4.09. The minimum absolute atomic E-state index is 0.0544. The quantitative estimate of drug-likeness (QED) is 0.634. The predicted molar refractivity (Wildman–Crippen MR) is 116 cm³/mol. The van der Waals surface area contributed by atoms with Crippen LogP contribution in [0.4, 0.5) is 0 Å². The summed E-state index contributed by atoms with van der Waals surface area (Å²) >= 11 is 5.97. The summed E-state index contributed by atoms with van der Waals surface area (Å²) < 4.78 is 5.61. The molecule has 0 saturated heterocycles. The molecule has 2 atom stereocenters. The molecule has 0 aliphatic carbocycles. The summed E-state index contributed by atoms with van der Waals surface area (Å²) in [5, 5.41) is 3.49. The van der Waals surface area contributed by atoms with Crippen LogP contribution in [0.5, 0.6) is 5.75 Å². The fourth-order valence-electron chi connectivity index (χ4n) is 2.82. The van der Waals surface area contributed by atoms with Crippen molar-refractivity contribution in [3.8, 4) is 5.75 Å². The Morgan fingerprint density at radius 2 is 1.83 bits per heavy atom. The zero-order valence-corrected chi connectivity index (χ0v) is 18.0.